The lowest BCUT2D eigenvalue weighted by atomic mass is 10.0. The Labute approximate surface area is 78.4 Å². The number of aliphatic hydroxyl groups is 1. The zero-order valence-electron chi connectivity index (χ0n) is 8.19. The Kier molecular flexibility index (Phi) is 3.25. The highest BCUT2D eigenvalue weighted by Gasteiger charge is 2.11. The van der Waals surface area contributed by atoms with Crippen LogP contribution in [0.5, 0.6) is 5.88 Å². The van der Waals surface area contributed by atoms with Crippen molar-refractivity contribution in [2.24, 2.45) is 5.92 Å². The van der Waals surface area contributed by atoms with E-state index in [0.717, 1.165) is 5.56 Å². The third-order valence-electron chi connectivity index (χ3n) is 1.94. The van der Waals surface area contributed by atoms with Crippen molar-refractivity contribution in [3.8, 4) is 5.88 Å². The molecule has 0 aliphatic carbocycles. The van der Waals surface area contributed by atoms with Crippen LogP contribution in [0.25, 0.3) is 0 Å². The summed E-state index contributed by atoms with van der Waals surface area (Å²) >= 11 is 0. The van der Waals surface area contributed by atoms with Crippen molar-refractivity contribution < 1.29 is 9.84 Å². The van der Waals surface area contributed by atoms with Crippen molar-refractivity contribution in [3.05, 3.63) is 23.9 Å². The number of rotatable bonds is 3. The lowest BCUT2D eigenvalue weighted by molar-refractivity contribution is 0.126. The van der Waals surface area contributed by atoms with Gasteiger partial charge in [-0.3, -0.25) is 0 Å². The summed E-state index contributed by atoms with van der Waals surface area (Å²) in [4.78, 5) is 4.02. The number of nitrogens with zero attached hydrogens (tertiary/aromatic N) is 1. The lowest BCUT2D eigenvalue weighted by Gasteiger charge is -2.14. The molecule has 3 nitrogen and oxygen atoms in total. The van der Waals surface area contributed by atoms with Crippen LogP contribution in [-0.2, 0) is 0 Å². The van der Waals surface area contributed by atoms with Crippen LogP contribution in [0.1, 0.15) is 25.5 Å². The Morgan fingerprint density at radius 3 is 2.46 bits per heavy atom. The minimum absolute atomic E-state index is 0.204. The van der Waals surface area contributed by atoms with E-state index < -0.39 is 6.10 Å². The van der Waals surface area contributed by atoms with E-state index in [4.69, 9.17) is 4.74 Å². The van der Waals surface area contributed by atoms with Gasteiger partial charge in [0.15, 0.2) is 0 Å². The van der Waals surface area contributed by atoms with Gasteiger partial charge in [0, 0.05) is 12.3 Å². The second-order valence-corrected chi connectivity index (χ2v) is 3.32. The van der Waals surface area contributed by atoms with Crippen LogP contribution >= 0.6 is 0 Å². The first-order valence-electron chi connectivity index (χ1n) is 4.33. The molecule has 1 N–H and O–H groups in total. The maximum absolute atomic E-state index is 9.68. The summed E-state index contributed by atoms with van der Waals surface area (Å²) in [5.74, 6) is 0.773. The fourth-order valence-electron chi connectivity index (χ4n) is 1.07. The van der Waals surface area contributed by atoms with E-state index >= 15 is 0 Å². The topological polar surface area (TPSA) is 42.4 Å². The minimum atomic E-state index is -0.446. The summed E-state index contributed by atoms with van der Waals surface area (Å²) in [6.45, 7) is 3.93. The minimum Gasteiger partial charge on any atom is -0.481 e. The normalized spacial score (nSPS) is 13.0. The molecule has 0 aliphatic heterocycles. The Hall–Kier alpha value is -1.09. The fraction of sp³-hybridized carbons (Fsp3) is 0.500. The molecule has 0 aliphatic rings. The number of aromatic nitrogens is 1. The number of aliphatic hydroxyl groups excluding tert-OH is 1. The molecule has 0 amide bonds. The maximum atomic E-state index is 9.68. The molecule has 0 saturated carbocycles. The van der Waals surface area contributed by atoms with E-state index in [0.29, 0.717) is 5.88 Å². The SMILES string of the molecule is COc1ccc(C(O)C(C)C)cn1. The molecule has 72 valence electrons. The Balaban J connectivity index is 2.79. The van der Waals surface area contributed by atoms with Crippen LogP contribution in [0.2, 0.25) is 0 Å². The summed E-state index contributed by atoms with van der Waals surface area (Å²) in [6, 6.07) is 3.58. The second kappa shape index (κ2) is 4.23. The van der Waals surface area contributed by atoms with E-state index in [9.17, 15) is 5.11 Å². The van der Waals surface area contributed by atoms with Gasteiger partial charge in [0.1, 0.15) is 0 Å². The summed E-state index contributed by atoms with van der Waals surface area (Å²) < 4.78 is 4.92. The van der Waals surface area contributed by atoms with E-state index in [2.05, 4.69) is 4.98 Å². The van der Waals surface area contributed by atoms with Gasteiger partial charge in [0.2, 0.25) is 5.88 Å². The highest BCUT2D eigenvalue weighted by Crippen LogP contribution is 2.21. The van der Waals surface area contributed by atoms with Gasteiger partial charge in [0.05, 0.1) is 13.2 Å². The highest BCUT2D eigenvalue weighted by atomic mass is 16.5. The van der Waals surface area contributed by atoms with Gasteiger partial charge in [-0.25, -0.2) is 4.98 Å². The predicted molar refractivity (Wildman–Crippen MR) is 50.6 cm³/mol. The van der Waals surface area contributed by atoms with Crippen LogP contribution in [0.15, 0.2) is 18.3 Å². The molecule has 0 spiro atoms. The Morgan fingerprint density at radius 1 is 1.38 bits per heavy atom. The van der Waals surface area contributed by atoms with E-state index in [1.54, 1.807) is 19.4 Å². The standard InChI is InChI=1S/C10H15NO2/c1-7(2)10(12)8-4-5-9(13-3)11-6-8/h4-7,10,12H,1-3H3. The van der Waals surface area contributed by atoms with Crippen molar-refractivity contribution in [2.45, 2.75) is 20.0 Å². The molecule has 1 atom stereocenters. The first kappa shape index (κ1) is 9.99. The first-order chi connectivity index (χ1) is 6.15. The molecule has 1 aromatic heterocycles. The third kappa shape index (κ3) is 2.42. The zero-order valence-corrected chi connectivity index (χ0v) is 8.19. The van der Waals surface area contributed by atoms with E-state index in [1.165, 1.54) is 0 Å². The monoisotopic (exact) mass is 181 g/mol. The van der Waals surface area contributed by atoms with Crippen molar-refractivity contribution in [3.63, 3.8) is 0 Å². The van der Waals surface area contributed by atoms with Crippen molar-refractivity contribution in [2.75, 3.05) is 7.11 Å². The summed E-state index contributed by atoms with van der Waals surface area (Å²) in [7, 11) is 1.57. The van der Waals surface area contributed by atoms with Crippen molar-refractivity contribution >= 4 is 0 Å². The number of methoxy groups -OCH3 is 1. The summed E-state index contributed by atoms with van der Waals surface area (Å²) in [5.41, 5.74) is 0.829. The predicted octanol–water partition coefficient (Wildman–Crippen LogP) is 1.78. The van der Waals surface area contributed by atoms with Gasteiger partial charge in [-0.15, -0.1) is 0 Å². The van der Waals surface area contributed by atoms with Crippen LogP contribution in [-0.4, -0.2) is 17.2 Å². The molecule has 3 heteroatoms. The average molecular weight is 181 g/mol. The van der Waals surface area contributed by atoms with Gasteiger partial charge in [0.25, 0.3) is 0 Å². The molecule has 1 heterocycles. The Bertz CT molecular complexity index is 256. The average Bonchev–Trinajstić information content (AvgIpc) is 2.17. The highest BCUT2D eigenvalue weighted by molar-refractivity contribution is 5.19. The molecule has 13 heavy (non-hydrogen) atoms. The molecule has 0 aromatic carbocycles. The van der Waals surface area contributed by atoms with Gasteiger partial charge < -0.3 is 9.84 Å². The summed E-state index contributed by atoms with van der Waals surface area (Å²) in [6.07, 6.45) is 1.20. The fourth-order valence-corrected chi connectivity index (χ4v) is 1.07. The van der Waals surface area contributed by atoms with Gasteiger partial charge in [-0.05, 0) is 17.5 Å². The number of hydrogen-bond acceptors (Lipinski definition) is 3. The van der Waals surface area contributed by atoms with Crippen LogP contribution in [0, 0.1) is 5.92 Å². The van der Waals surface area contributed by atoms with Crippen LogP contribution in [0.3, 0.4) is 0 Å². The smallest absolute Gasteiger partial charge is 0.212 e. The molecule has 0 fully saturated rings. The molecule has 0 radical (unpaired) electrons. The Morgan fingerprint density at radius 2 is 2.08 bits per heavy atom. The van der Waals surface area contributed by atoms with E-state index in [1.807, 2.05) is 19.9 Å². The van der Waals surface area contributed by atoms with Gasteiger partial charge in [-0.2, -0.15) is 0 Å². The second-order valence-electron chi connectivity index (χ2n) is 3.32. The van der Waals surface area contributed by atoms with Crippen molar-refractivity contribution in [1.82, 2.24) is 4.98 Å². The number of ether oxygens (including phenoxy) is 1. The van der Waals surface area contributed by atoms with Crippen LogP contribution < -0.4 is 4.74 Å². The van der Waals surface area contributed by atoms with Gasteiger partial charge >= 0.3 is 0 Å². The molecule has 0 bridgehead atoms. The van der Waals surface area contributed by atoms with Crippen LogP contribution in [0.4, 0.5) is 0 Å². The van der Waals surface area contributed by atoms with Crippen molar-refractivity contribution in [1.29, 1.82) is 0 Å². The molecule has 1 aromatic rings. The molecular weight excluding hydrogens is 166 g/mol. The number of hydrogen-bond donors (Lipinski definition) is 1. The lowest BCUT2D eigenvalue weighted by Crippen LogP contribution is -2.05. The summed E-state index contributed by atoms with van der Waals surface area (Å²) in [5, 5.41) is 9.68. The van der Waals surface area contributed by atoms with Gasteiger partial charge in [-0.1, -0.05) is 13.8 Å². The molecule has 0 saturated heterocycles. The zero-order chi connectivity index (χ0) is 9.84. The first-order valence-corrected chi connectivity index (χ1v) is 4.33. The largest absolute Gasteiger partial charge is 0.481 e. The van der Waals surface area contributed by atoms with E-state index in [-0.39, 0.29) is 5.92 Å². The quantitative estimate of drug-likeness (QED) is 0.772. The third-order valence-corrected chi connectivity index (χ3v) is 1.94. The molecule has 1 unspecified atom stereocenters. The molecule has 1 rings (SSSR count). The number of pyridine rings is 1. The maximum Gasteiger partial charge on any atom is 0.212 e. The molecular formula is C10H15NO2.